The second-order valence-electron chi connectivity index (χ2n) is 9.59. The van der Waals surface area contributed by atoms with Gasteiger partial charge in [-0.25, -0.2) is 5.43 Å². The number of rotatable bonds is 7. The number of likely N-dealkylation sites (tertiary alicyclic amines) is 1. The second-order valence-corrected chi connectivity index (χ2v) is 10.0. The summed E-state index contributed by atoms with van der Waals surface area (Å²) in [5.74, 6) is -0.164. The van der Waals surface area contributed by atoms with Gasteiger partial charge in [-0.3, -0.25) is 15.0 Å². The zero-order chi connectivity index (χ0) is 26.1. The highest BCUT2D eigenvalue weighted by molar-refractivity contribution is 6.53. The van der Waals surface area contributed by atoms with Crippen LogP contribution in [0.25, 0.3) is 16.7 Å². The van der Waals surface area contributed by atoms with Gasteiger partial charge in [0.1, 0.15) is 11.3 Å². The molecular formula is C26H30ClN7O3. The molecule has 6 N–H and O–H groups in total. The zero-order valence-electron chi connectivity index (χ0n) is 20.6. The minimum atomic E-state index is -0.649. The Labute approximate surface area is 219 Å². The average molecular weight is 524 g/mol. The van der Waals surface area contributed by atoms with Gasteiger partial charge in [0.2, 0.25) is 5.91 Å². The van der Waals surface area contributed by atoms with Crippen LogP contribution < -0.4 is 21.8 Å². The van der Waals surface area contributed by atoms with E-state index in [9.17, 15) is 9.59 Å². The molecule has 10 nitrogen and oxygen atoms in total. The summed E-state index contributed by atoms with van der Waals surface area (Å²) in [5, 5.41) is 20.6. The molecule has 11 heteroatoms. The first-order chi connectivity index (χ1) is 17.8. The lowest BCUT2D eigenvalue weighted by atomic mass is 9.98. The molecule has 2 amide bonds. The number of hydrogen-bond donors (Lipinski definition) is 5. The van der Waals surface area contributed by atoms with Crippen molar-refractivity contribution in [2.24, 2.45) is 10.8 Å². The van der Waals surface area contributed by atoms with Crippen molar-refractivity contribution < 1.29 is 14.0 Å². The van der Waals surface area contributed by atoms with Gasteiger partial charge in [-0.05, 0) is 50.8 Å². The molecule has 1 saturated carbocycles. The molecule has 5 rings (SSSR count). The van der Waals surface area contributed by atoms with E-state index in [-0.39, 0.29) is 29.1 Å². The molecule has 1 saturated heterocycles. The van der Waals surface area contributed by atoms with Crippen LogP contribution in [0.2, 0.25) is 5.02 Å². The number of nitrogens with two attached hydrogens (primary N) is 1. The molecule has 1 aliphatic carbocycles. The molecular weight excluding hydrogens is 494 g/mol. The van der Waals surface area contributed by atoms with E-state index in [1.807, 2.05) is 24.0 Å². The highest BCUT2D eigenvalue weighted by Crippen LogP contribution is 2.33. The molecule has 3 aliphatic rings. The van der Waals surface area contributed by atoms with Crippen molar-refractivity contribution in [1.29, 1.82) is 5.41 Å². The van der Waals surface area contributed by atoms with E-state index in [2.05, 4.69) is 21.2 Å². The number of amides is 2. The number of aryl methyl sites for hydroxylation is 1. The van der Waals surface area contributed by atoms with Gasteiger partial charge in [0.15, 0.2) is 11.6 Å². The summed E-state index contributed by atoms with van der Waals surface area (Å²) in [7, 11) is 0. The maximum atomic E-state index is 12.6. The second kappa shape index (κ2) is 10.4. The van der Waals surface area contributed by atoms with Crippen molar-refractivity contribution in [3.05, 3.63) is 52.3 Å². The molecule has 2 fully saturated rings. The summed E-state index contributed by atoms with van der Waals surface area (Å²) in [6.07, 6.45) is 7.30. The highest BCUT2D eigenvalue weighted by Gasteiger charge is 2.32. The summed E-state index contributed by atoms with van der Waals surface area (Å²) < 4.78 is 6.18. The normalized spacial score (nSPS) is 20.4. The quantitative estimate of drug-likeness (QED) is 0.352. The molecule has 0 spiro atoms. The molecule has 0 bridgehead atoms. The van der Waals surface area contributed by atoms with Crippen LogP contribution in [-0.2, 0) is 9.59 Å². The Morgan fingerprint density at radius 1 is 1.30 bits per heavy atom. The smallest absolute Gasteiger partial charge is 0.290 e. The molecule has 37 heavy (non-hydrogen) atoms. The van der Waals surface area contributed by atoms with E-state index in [1.54, 1.807) is 18.2 Å². The fraction of sp³-hybridized carbons (Fsp3) is 0.385. The monoisotopic (exact) mass is 523 g/mol. The number of halogens is 1. The van der Waals surface area contributed by atoms with E-state index in [0.717, 1.165) is 10.9 Å². The first kappa shape index (κ1) is 25.0. The molecule has 1 aromatic carbocycles. The van der Waals surface area contributed by atoms with Gasteiger partial charge in [-0.2, -0.15) is 5.10 Å². The first-order valence-electron chi connectivity index (χ1n) is 12.4. The van der Waals surface area contributed by atoms with Crippen LogP contribution in [0.15, 0.2) is 45.4 Å². The van der Waals surface area contributed by atoms with Crippen molar-refractivity contribution in [3.8, 4) is 0 Å². The van der Waals surface area contributed by atoms with Gasteiger partial charge in [0.05, 0.1) is 11.3 Å². The fourth-order valence-electron chi connectivity index (χ4n) is 4.64. The minimum Gasteiger partial charge on any atom is -0.454 e. The van der Waals surface area contributed by atoms with Crippen LogP contribution in [0.4, 0.5) is 0 Å². The minimum absolute atomic E-state index is 0.00161. The lowest BCUT2D eigenvalue weighted by Gasteiger charge is -2.33. The number of amidine groups is 1. The molecule has 0 unspecified atom stereocenters. The molecule has 2 aliphatic heterocycles. The lowest BCUT2D eigenvalue weighted by molar-refractivity contribution is -0.127. The summed E-state index contributed by atoms with van der Waals surface area (Å²) >= 11 is 6.21. The SMILES string of the molecule is Cc1c(/C(NC2CCN(C(=O)/C=C/CNC3CC3)CC2)=C2/C(=N)C(=O)NN=C2N)oc2ccc(Cl)cc12. The molecule has 0 radical (unpaired) electrons. The maximum absolute atomic E-state index is 12.6. The number of nitrogens with zero attached hydrogens (tertiary/aromatic N) is 2. The van der Waals surface area contributed by atoms with Crippen LogP contribution in [0.3, 0.4) is 0 Å². The number of carbonyl (C=O) groups is 2. The third-order valence-electron chi connectivity index (χ3n) is 6.90. The first-order valence-corrected chi connectivity index (χ1v) is 12.8. The predicted molar refractivity (Wildman–Crippen MR) is 143 cm³/mol. The third-order valence-corrected chi connectivity index (χ3v) is 7.14. The van der Waals surface area contributed by atoms with Gasteiger partial charge < -0.3 is 25.7 Å². The summed E-state index contributed by atoms with van der Waals surface area (Å²) in [6.45, 7) is 3.76. The number of furan rings is 1. The van der Waals surface area contributed by atoms with Gasteiger partial charge >= 0.3 is 0 Å². The van der Waals surface area contributed by atoms with E-state index in [4.69, 9.17) is 27.2 Å². The van der Waals surface area contributed by atoms with E-state index >= 15 is 0 Å². The summed E-state index contributed by atoms with van der Waals surface area (Å²) in [6, 6.07) is 5.91. The number of fused-ring (bicyclic) bond motifs is 1. The number of carbonyl (C=O) groups excluding carboxylic acids is 2. The Balaban J connectivity index is 1.37. The van der Waals surface area contributed by atoms with Crippen molar-refractivity contribution in [3.63, 3.8) is 0 Å². The lowest BCUT2D eigenvalue weighted by Crippen LogP contribution is -2.46. The summed E-state index contributed by atoms with van der Waals surface area (Å²) in [5.41, 5.74) is 10.2. The van der Waals surface area contributed by atoms with Crippen LogP contribution in [0.5, 0.6) is 0 Å². The zero-order valence-corrected chi connectivity index (χ0v) is 21.3. The van der Waals surface area contributed by atoms with Crippen molar-refractivity contribution >= 4 is 51.6 Å². The van der Waals surface area contributed by atoms with E-state index < -0.39 is 5.91 Å². The predicted octanol–water partition coefficient (Wildman–Crippen LogP) is 2.42. The number of piperidine rings is 1. The molecule has 194 valence electrons. The van der Waals surface area contributed by atoms with Gasteiger partial charge in [-0.1, -0.05) is 17.7 Å². The number of hydrogen-bond acceptors (Lipinski definition) is 8. The molecule has 2 aromatic rings. The average Bonchev–Trinajstić information content (AvgIpc) is 3.66. The number of nitrogens with one attached hydrogen (secondary N) is 4. The van der Waals surface area contributed by atoms with Crippen molar-refractivity contribution in [2.45, 2.75) is 44.7 Å². The van der Waals surface area contributed by atoms with Crippen LogP contribution in [0.1, 0.15) is 37.0 Å². The Bertz CT molecular complexity index is 1350. The van der Waals surface area contributed by atoms with E-state index in [0.29, 0.717) is 60.6 Å². The fourth-order valence-corrected chi connectivity index (χ4v) is 4.81. The van der Waals surface area contributed by atoms with Crippen LogP contribution >= 0.6 is 11.6 Å². The van der Waals surface area contributed by atoms with E-state index in [1.165, 1.54) is 12.8 Å². The topological polar surface area (TPSA) is 149 Å². The molecule has 0 atom stereocenters. The largest absolute Gasteiger partial charge is 0.454 e. The van der Waals surface area contributed by atoms with Gasteiger partial charge in [-0.15, -0.1) is 0 Å². The highest BCUT2D eigenvalue weighted by atomic mass is 35.5. The third kappa shape index (κ3) is 5.40. The van der Waals surface area contributed by atoms with Gasteiger partial charge in [0.25, 0.3) is 5.91 Å². The molecule has 3 heterocycles. The molecule has 1 aromatic heterocycles. The Hall–Kier alpha value is -3.63. The van der Waals surface area contributed by atoms with Crippen molar-refractivity contribution in [2.75, 3.05) is 19.6 Å². The Morgan fingerprint density at radius 3 is 2.78 bits per heavy atom. The van der Waals surface area contributed by atoms with Gasteiger partial charge in [0, 0.05) is 53.8 Å². The summed E-state index contributed by atoms with van der Waals surface area (Å²) in [4.78, 5) is 26.7. The van der Waals surface area contributed by atoms with Crippen molar-refractivity contribution in [1.82, 2.24) is 21.0 Å². The Kier molecular flexibility index (Phi) is 7.03. The Morgan fingerprint density at radius 2 is 2.05 bits per heavy atom. The standard InChI is InChI=1S/C26H30ClN7O3/c1-14-18-13-15(27)4-7-19(18)37-24(14)23(21-22(28)26(36)33-32-25(21)29)31-17-8-11-34(12-9-17)20(35)3-2-10-30-16-5-6-16/h2-4,7,13,16-17,28,30-31H,5-6,8-12H2,1H3,(H2,29,32)(H,33,36)/b3-2+,23-21+,28-22?. The van der Waals surface area contributed by atoms with Crippen LogP contribution in [-0.4, -0.2) is 60.0 Å². The maximum Gasteiger partial charge on any atom is 0.290 e. The number of benzene rings is 1. The van der Waals surface area contributed by atoms with Crippen LogP contribution in [0, 0.1) is 12.3 Å². The number of hydrazone groups is 1.